The van der Waals surface area contributed by atoms with Gasteiger partial charge >= 0.3 is 0 Å². The van der Waals surface area contributed by atoms with E-state index >= 15 is 0 Å². The molecule has 0 bridgehead atoms. The first-order valence-corrected chi connectivity index (χ1v) is 5.72. The molecule has 0 aliphatic carbocycles. The highest BCUT2D eigenvalue weighted by Gasteiger charge is 2.13. The van der Waals surface area contributed by atoms with Crippen LogP contribution in [0.3, 0.4) is 0 Å². The van der Waals surface area contributed by atoms with Crippen LogP contribution in [0.2, 0.25) is 0 Å². The minimum atomic E-state index is 0.340. The van der Waals surface area contributed by atoms with Crippen LogP contribution in [0.1, 0.15) is 18.4 Å². The first-order valence-electron chi connectivity index (χ1n) is 5.72. The molecule has 1 atom stereocenters. The highest BCUT2D eigenvalue weighted by Crippen LogP contribution is 2.12. The minimum Gasteiger partial charge on any atom is -0.497 e. The molecule has 3 nitrogen and oxygen atoms in total. The number of nitrogens with zero attached hydrogens (tertiary/aromatic N) is 2. The molecule has 0 aromatic carbocycles. The summed E-state index contributed by atoms with van der Waals surface area (Å²) in [6, 6.07) is 4.08. The fourth-order valence-corrected chi connectivity index (χ4v) is 1.93. The van der Waals surface area contributed by atoms with E-state index in [2.05, 4.69) is 29.1 Å². The summed E-state index contributed by atoms with van der Waals surface area (Å²) in [6.45, 7) is 1.90. The number of pyridine rings is 1. The van der Waals surface area contributed by atoms with Crippen molar-refractivity contribution in [1.29, 1.82) is 0 Å². The zero-order valence-corrected chi connectivity index (χ0v) is 9.67. The van der Waals surface area contributed by atoms with E-state index in [4.69, 9.17) is 4.74 Å². The molecule has 0 N–H and O–H groups in total. The summed E-state index contributed by atoms with van der Waals surface area (Å²) in [7, 11) is 2.12. The second-order valence-corrected chi connectivity index (χ2v) is 4.27. The zero-order chi connectivity index (χ0) is 11.2. The van der Waals surface area contributed by atoms with Crippen molar-refractivity contribution in [1.82, 2.24) is 9.88 Å². The van der Waals surface area contributed by atoms with E-state index < -0.39 is 0 Å². The summed E-state index contributed by atoms with van der Waals surface area (Å²) in [6.07, 6.45) is 10.2. The average Bonchev–Trinajstić information content (AvgIpc) is 2.31. The Kier molecular flexibility index (Phi) is 3.94. The van der Waals surface area contributed by atoms with Gasteiger partial charge in [0.1, 0.15) is 6.10 Å². The van der Waals surface area contributed by atoms with Crippen LogP contribution in [0, 0.1) is 0 Å². The van der Waals surface area contributed by atoms with Crippen molar-refractivity contribution in [3.05, 3.63) is 42.4 Å². The molecule has 86 valence electrons. The Morgan fingerprint density at radius 1 is 1.56 bits per heavy atom. The summed E-state index contributed by atoms with van der Waals surface area (Å²) in [5.74, 6) is 0. The van der Waals surface area contributed by atoms with Crippen LogP contribution in [0.15, 0.2) is 36.9 Å². The van der Waals surface area contributed by atoms with E-state index in [9.17, 15) is 0 Å². The molecule has 2 rings (SSSR count). The Balaban J connectivity index is 1.80. The van der Waals surface area contributed by atoms with Gasteiger partial charge in [0, 0.05) is 25.5 Å². The molecule has 0 saturated heterocycles. The molecule has 1 aliphatic heterocycles. The Morgan fingerprint density at radius 2 is 2.50 bits per heavy atom. The van der Waals surface area contributed by atoms with Gasteiger partial charge in [-0.25, -0.2) is 0 Å². The molecule has 0 radical (unpaired) electrons. The van der Waals surface area contributed by atoms with Crippen molar-refractivity contribution in [2.45, 2.75) is 25.5 Å². The summed E-state index contributed by atoms with van der Waals surface area (Å²) >= 11 is 0. The molecule has 0 unspecified atom stereocenters. The van der Waals surface area contributed by atoms with Gasteiger partial charge < -0.3 is 4.74 Å². The maximum Gasteiger partial charge on any atom is 0.111 e. The maximum atomic E-state index is 5.55. The molecule has 0 fully saturated rings. The molecule has 0 saturated carbocycles. The van der Waals surface area contributed by atoms with Gasteiger partial charge in [0.05, 0.1) is 6.26 Å². The lowest BCUT2D eigenvalue weighted by Gasteiger charge is -2.25. The summed E-state index contributed by atoms with van der Waals surface area (Å²) < 4.78 is 5.55. The van der Waals surface area contributed by atoms with Gasteiger partial charge in [-0.1, -0.05) is 6.07 Å². The second kappa shape index (κ2) is 5.66. The molecule has 16 heavy (non-hydrogen) atoms. The normalized spacial score (nSPS) is 19.8. The summed E-state index contributed by atoms with van der Waals surface area (Å²) in [5.41, 5.74) is 1.25. The van der Waals surface area contributed by atoms with Gasteiger partial charge in [-0.15, -0.1) is 0 Å². The molecular weight excluding hydrogens is 200 g/mol. The Hall–Kier alpha value is -1.35. The molecule has 1 aliphatic rings. The first-order chi connectivity index (χ1) is 7.84. The van der Waals surface area contributed by atoms with E-state index in [-0.39, 0.29) is 0 Å². The van der Waals surface area contributed by atoms with Crippen LogP contribution in [-0.2, 0) is 11.3 Å². The van der Waals surface area contributed by atoms with E-state index in [1.165, 1.54) is 5.56 Å². The van der Waals surface area contributed by atoms with Gasteiger partial charge in [-0.05, 0) is 37.6 Å². The van der Waals surface area contributed by atoms with Crippen LogP contribution in [0.5, 0.6) is 0 Å². The zero-order valence-electron chi connectivity index (χ0n) is 9.67. The minimum absolute atomic E-state index is 0.340. The van der Waals surface area contributed by atoms with Crippen molar-refractivity contribution >= 4 is 0 Å². The summed E-state index contributed by atoms with van der Waals surface area (Å²) in [5, 5.41) is 0. The average molecular weight is 218 g/mol. The predicted octanol–water partition coefficient (Wildman–Crippen LogP) is 2.21. The van der Waals surface area contributed by atoms with Gasteiger partial charge in [0.2, 0.25) is 0 Å². The van der Waals surface area contributed by atoms with Gasteiger partial charge in [-0.3, -0.25) is 9.88 Å². The predicted molar refractivity (Wildman–Crippen MR) is 63.8 cm³/mol. The molecule has 3 heteroatoms. The quantitative estimate of drug-likeness (QED) is 0.774. The molecule has 2 heterocycles. The number of rotatable bonds is 4. The third-order valence-electron chi connectivity index (χ3n) is 2.71. The van der Waals surface area contributed by atoms with Crippen molar-refractivity contribution < 1.29 is 4.74 Å². The standard InChI is InChI=1S/C13H18N2O/c1-15(10-12-5-4-7-14-9-12)11-13-6-2-3-8-16-13/h3-5,7-9,13H,2,6,10-11H2,1H3/t13-/m0/s1. The number of hydrogen-bond donors (Lipinski definition) is 0. The van der Waals surface area contributed by atoms with Gasteiger partial charge in [-0.2, -0.15) is 0 Å². The largest absolute Gasteiger partial charge is 0.497 e. The van der Waals surface area contributed by atoms with E-state index in [0.717, 1.165) is 25.9 Å². The topological polar surface area (TPSA) is 25.4 Å². The Bertz CT molecular complexity index is 337. The third-order valence-corrected chi connectivity index (χ3v) is 2.71. The highest BCUT2D eigenvalue weighted by atomic mass is 16.5. The smallest absolute Gasteiger partial charge is 0.111 e. The first kappa shape index (κ1) is 11.1. The van der Waals surface area contributed by atoms with E-state index in [0.29, 0.717) is 6.10 Å². The number of hydrogen-bond acceptors (Lipinski definition) is 3. The van der Waals surface area contributed by atoms with Crippen LogP contribution in [-0.4, -0.2) is 29.6 Å². The lowest BCUT2D eigenvalue weighted by Crippen LogP contribution is -2.30. The Labute approximate surface area is 96.7 Å². The second-order valence-electron chi connectivity index (χ2n) is 4.27. The molecule has 1 aromatic heterocycles. The van der Waals surface area contributed by atoms with E-state index in [1.54, 1.807) is 6.20 Å². The van der Waals surface area contributed by atoms with Crippen LogP contribution >= 0.6 is 0 Å². The maximum absolute atomic E-state index is 5.55. The van der Waals surface area contributed by atoms with Crippen LogP contribution in [0.4, 0.5) is 0 Å². The van der Waals surface area contributed by atoms with Gasteiger partial charge in [0.25, 0.3) is 0 Å². The molecule has 0 spiro atoms. The lowest BCUT2D eigenvalue weighted by molar-refractivity contribution is 0.0859. The van der Waals surface area contributed by atoms with Crippen LogP contribution in [0.25, 0.3) is 0 Å². The fourth-order valence-electron chi connectivity index (χ4n) is 1.93. The number of likely N-dealkylation sites (N-methyl/N-ethyl adjacent to an activating group) is 1. The SMILES string of the molecule is CN(Cc1cccnc1)C[C@@H]1CCC=CO1. The number of allylic oxidation sites excluding steroid dienone is 1. The van der Waals surface area contributed by atoms with E-state index in [1.807, 2.05) is 18.5 Å². The fraction of sp³-hybridized carbons (Fsp3) is 0.462. The van der Waals surface area contributed by atoms with Crippen molar-refractivity contribution in [2.75, 3.05) is 13.6 Å². The van der Waals surface area contributed by atoms with Gasteiger partial charge in [0.15, 0.2) is 0 Å². The van der Waals surface area contributed by atoms with Crippen LogP contribution < -0.4 is 0 Å². The monoisotopic (exact) mass is 218 g/mol. The van der Waals surface area contributed by atoms with Crippen molar-refractivity contribution in [3.8, 4) is 0 Å². The number of aromatic nitrogens is 1. The van der Waals surface area contributed by atoms with Crippen molar-refractivity contribution in [2.24, 2.45) is 0 Å². The molecule has 1 aromatic rings. The Morgan fingerprint density at radius 3 is 3.19 bits per heavy atom. The molecular formula is C13H18N2O. The third kappa shape index (κ3) is 3.35. The molecule has 0 amide bonds. The lowest BCUT2D eigenvalue weighted by atomic mass is 10.1. The number of ether oxygens (including phenoxy) is 1. The summed E-state index contributed by atoms with van der Waals surface area (Å²) in [4.78, 5) is 6.39. The highest BCUT2D eigenvalue weighted by molar-refractivity contribution is 5.07. The van der Waals surface area contributed by atoms with Crippen molar-refractivity contribution in [3.63, 3.8) is 0 Å².